The SMILES string of the molecule is CCOC(=O)c1cnc(-n2cccc2)nc1N(C)C. The average molecular weight is 260 g/mol. The van der Waals surface area contributed by atoms with Crippen molar-refractivity contribution >= 4 is 11.8 Å². The van der Waals surface area contributed by atoms with Crippen molar-refractivity contribution in [3.63, 3.8) is 0 Å². The third-order valence-electron chi connectivity index (χ3n) is 2.51. The molecule has 0 aromatic carbocycles. The number of rotatable bonds is 4. The third-order valence-corrected chi connectivity index (χ3v) is 2.51. The van der Waals surface area contributed by atoms with Crippen LogP contribution in [0.15, 0.2) is 30.7 Å². The number of hydrogen-bond acceptors (Lipinski definition) is 5. The smallest absolute Gasteiger partial charge is 0.343 e. The molecule has 0 aliphatic carbocycles. The molecule has 0 N–H and O–H groups in total. The number of nitrogens with zero attached hydrogens (tertiary/aromatic N) is 4. The van der Waals surface area contributed by atoms with Crippen LogP contribution >= 0.6 is 0 Å². The number of aromatic nitrogens is 3. The van der Waals surface area contributed by atoms with E-state index in [1.54, 1.807) is 16.4 Å². The van der Waals surface area contributed by atoms with E-state index in [-0.39, 0.29) is 0 Å². The van der Waals surface area contributed by atoms with Crippen molar-refractivity contribution in [3.8, 4) is 5.95 Å². The van der Waals surface area contributed by atoms with Crippen molar-refractivity contribution in [2.45, 2.75) is 6.92 Å². The Morgan fingerprint density at radius 2 is 2.05 bits per heavy atom. The summed E-state index contributed by atoms with van der Waals surface area (Å²) in [6.07, 6.45) is 5.19. The number of esters is 1. The predicted octanol–water partition coefficient (Wildman–Crippen LogP) is 1.51. The summed E-state index contributed by atoms with van der Waals surface area (Å²) in [5.41, 5.74) is 0.364. The lowest BCUT2D eigenvalue weighted by Crippen LogP contribution is -2.19. The third kappa shape index (κ3) is 2.73. The van der Waals surface area contributed by atoms with Crippen molar-refractivity contribution in [1.29, 1.82) is 0 Å². The second-order valence-electron chi connectivity index (χ2n) is 4.11. The second kappa shape index (κ2) is 5.51. The van der Waals surface area contributed by atoms with Gasteiger partial charge in [0.05, 0.1) is 6.61 Å². The van der Waals surface area contributed by atoms with Crippen LogP contribution in [-0.4, -0.2) is 41.2 Å². The van der Waals surface area contributed by atoms with E-state index >= 15 is 0 Å². The number of ether oxygens (including phenoxy) is 1. The zero-order chi connectivity index (χ0) is 13.8. The Hall–Kier alpha value is -2.37. The molecule has 2 rings (SSSR count). The van der Waals surface area contributed by atoms with Crippen LogP contribution in [0.3, 0.4) is 0 Å². The van der Waals surface area contributed by atoms with Crippen molar-refractivity contribution in [2.75, 3.05) is 25.6 Å². The van der Waals surface area contributed by atoms with Crippen LogP contribution in [0.4, 0.5) is 5.82 Å². The van der Waals surface area contributed by atoms with Crippen molar-refractivity contribution in [3.05, 3.63) is 36.3 Å². The number of anilines is 1. The molecule has 2 aromatic heterocycles. The van der Waals surface area contributed by atoms with Gasteiger partial charge < -0.3 is 9.64 Å². The highest BCUT2D eigenvalue weighted by Crippen LogP contribution is 2.17. The van der Waals surface area contributed by atoms with Gasteiger partial charge in [0, 0.05) is 32.7 Å². The van der Waals surface area contributed by atoms with Crippen LogP contribution in [-0.2, 0) is 4.74 Å². The lowest BCUT2D eigenvalue weighted by Gasteiger charge is -2.16. The van der Waals surface area contributed by atoms with Crippen LogP contribution < -0.4 is 4.90 Å². The molecule has 2 aromatic rings. The van der Waals surface area contributed by atoms with Crippen LogP contribution in [0, 0.1) is 0 Å². The maximum atomic E-state index is 11.8. The van der Waals surface area contributed by atoms with Crippen molar-refractivity contribution in [2.24, 2.45) is 0 Å². The van der Waals surface area contributed by atoms with E-state index < -0.39 is 5.97 Å². The van der Waals surface area contributed by atoms with Crippen LogP contribution in [0.1, 0.15) is 17.3 Å². The number of hydrogen-bond donors (Lipinski definition) is 0. The molecule has 0 spiro atoms. The molecule has 0 aliphatic heterocycles. The average Bonchev–Trinajstić information content (AvgIpc) is 2.92. The van der Waals surface area contributed by atoms with E-state index in [1.165, 1.54) is 6.20 Å². The molecule has 6 heteroatoms. The first kappa shape index (κ1) is 13.1. The van der Waals surface area contributed by atoms with E-state index in [9.17, 15) is 4.79 Å². The first-order valence-electron chi connectivity index (χ1n) is 5.98. The minimum absolute atomic E-state index is 0.324. The van der Waals surface area contributed by atoms with Crippen LogP contribution in [0.25, 0.3) is 5.95 Å². The lowest BCUT2D eigenvalue weighted by molar-refractivity contribution is 0.0526. The van der Waals surface area contributed by atoms with Gasteiger partial charge in [0.1, 0.15) is 11.4 Å². The Balaban J connectivity index is 2.44. The van der Waals surface area contributed by atoms with Crippen molar-refractivity contribution in [1.82, 2.24) is 14.5 Å². The van der Waals surface area contributed by atoms with E-state index in [1.807, 2.05) is 38.6 Å². The first-order valence-corrected chi connectivity index (χ1v) is 5.98. The van der Waals surface area contributed by atoms with Gasteiger partial charge in [0.25, 0.3) is 0 Å². The Labute approximate surface area is 111 Å². The van der Waals surface area contributed by atoms with E-state index in [0.29, 0.717) is 23.9 Å². The molecule has 0 fully saturated rings. The fourth-order valence-electron chi connectivity index (χ4n) is 1.65. The van der Waals surface area contributed by atoms with Crippen LogP contribution in [0.2, 0.25) is 0 Å². The molecule has 0 unspecified atom stereocenters. The molecule has 100 valence electrons. The zero-order valence-corrected chi connectivity index (χ0v) is 11.2. The number of carbonyl (C=O) groups is 1. The maximum Gasteiger partial charge on any atom is 0.343 e. The summed E-state index contributed by atoms with van der Waals surface area (Å²) in [4.78, 5) is 22.2. The highest BCUT2D eigenvalue weighted by Gasteiger charge is 2.17. The van der Waals surface area contributed by atoms with E-state index in [4.69, 9.17) is 4.74 Å². The van der Waals surface area contributed by atoms with Crippen LogP contribution in [0.5, 0.6) is 0 Å². The Kier molecular flexibility index (Phi) is 3.79. The molecular formula is C13H16N4O2. The Bertz CT molecular complexity index is 564. The highest BCUT2D eigenvalue weighted by molar-refractivity contribution is 5.94. The van der Waals surface area contributed by atoms with Gasteiger partial charge in [-0.2, -0.15) is 4.98 Å². The summed E-state index contributed by atoms with van der Waals surface area (Å²) in [6, 6.07) is 3.77. The molecule has 2 heterocycles. The minimum atomic E-state index is -0.412. The van der Waals surface area contributed by atoms with Gasteiger partial charge in [-0.15, -0.1) is 0 Å². The predicted molar refractivity (Wildman–Crippen MR) is 71.6 cm³/mol. The Morgan fingerprint density at radius 1 is 1.37 bits per heavy atom. The standard InChI is InChI=1S/C13H16N4O2/c1-4-19-12(18)10-9-14-13(15-11(10)16(2)3)17-7-5-6-8-17/h5-9H,4H2,1-3H3. The normalized spacial score (nSPS) is 10.3. The van der Waals surface area contributed by atoms with Gasteiger partial charge in [0.15, 0.2) is 0 Å². The second-order valence-corrected chi connectivity index (χ2v) is 4.11. The largest absolute Gasteiger partial charge is 0.462 e. The fourth-order valence-corrected chi connectivity index (χ4v) is 1.65. The first-order chi connectivity index (χ1) is 9.13. The van der Waals surface area contributed by atoms with Gasteiger partial charge in [-0.3, -0.25) is 4.57 Å². The monoisotopic (exact) mass is 260 g/mol. The summed E-state index contributed by atoms with van der Waals surface area (Å²) in [5.74, 6) is 0.643. The molecule has 0 bridgehead atoms. The molecule has 0 atom stereocenters. The van der Waals surface area contributed by atoms with Crippen molar-refractivity contribution < 1.29 is 9.53 Å². The molecule has 0 aliphatic rings. The van der Waals surface area contributed by atoms with Gasteiger partial charge in [-0.05, 0) is 19.1 Å². The summed E-state index contributed by atoms with van der Waals surface area (Å²) in [6.45, 7) is 2.09. The van der Waals surface area contributed by atoms with Gasteiger partial charge >= 0.3 is 5.97 Å². The summed E-state index contributed by atoms with van der Waals surface area (Å²) in [5, 5.41) is 0. The fraction of sp³-hybridized carbons (Fsp3) is 0.308. The molecule has 0 saturated heterocycles. The summed E-state index contributed by atoms with van der Waals surface area (Å²) in [7, 11) is 3.65. The van der Waals surface area contributed by atoms with E-state index in [2.05, 4.69) is 9.97 Å². The molecular weight excluding hydrogens is 244 g/mol. The zero-order valence-electron chi connectivity index (χ0n) is 11.2. The summed E-state index contributed by atoms with van der Waals surface area (Å²) >= 11 is 0. The quantitative estimate of drug-likeness (QED) is 0.780. The minimum Gasteiger partial charge on any atom is -0.462 e. The number of carbonyl (C=O) groups excluding carboxylic acids is 1. The molecule has 0 saturated carbocycles. The highest BCUT2D eigenvalue weighted by atomic mass is 16.5. The van der Waals surface area contributed by atoms with Gasteiger partial charge in [0.2, 0.25) is 5.95 Å². The molecule has 6 nitrogen and oxygen atoms in total. The van der Waals surface area contributed by atoms with E-state index in [0.717, 1.165) is 0 Å². The molecule has 0 amide bonds. The molecule has 0 radical (unpaired) electrons. The molecule has 19 heavy (non-hydrogen) atoms. The van der Waals surface area contributed by atoms with Gasteiger partial charge in [-0.25, -0.2) is 9.78 Å². The maximum absolute atomic E-state index is 11.8. The topological polar surface area (TPSA) is 60.2 Å². The lowest BCUT2D eigenvalue weighted by atomic mass is 10.3. The Morgan fingerprint density at radius 3 is 2.63 bits per heavy atom. The van der Waals surface area contributed by atoms with Gasteiger partial charge in [-0.1, -0.05) is 0 Å². The summed E-state index contributed by atoms with van der Waals surface area (Å²) < 4.78 is 6.78.